The van der Waals surface area contributed by atoms with Crippen LogP contribution in [0.5, 0.6) is 0 Å². The molecule has 0 fully saturated rings. The van der Waals surface area contributed by atoms with Crippen LogP contribution in [0.2, 0.25) is 0 Å². The average Bonchev–Trinajstić information content (AvgIpc) is 2.20. The first-order valence-electron chi connectivity index (χ1n) is 7.22. The number of hydrogen-bond donors (Lipinski definition) is 1. The highest BCUT2D eigenvalue weighted by atomic mass is 14.9. The molecule has 0 heterocycles. The third-order valence-corrected chi connectivity index (χ3v) is 2.75. The highest BCUT2D eigenvalue weighted by molar-refractivity contribution is 6.01. The Hall–Kier alpha value is -0.790. The smallest absolute Gasteiger partial charge is 0.0446 e. The average molecular weight is 252 g/mol. The summed E-state index contributed by atoms with van der Waals surface area (Å²) in [5, 5.41) is 3.59. The highest BCUT2D eigenvalue weighted by Crippen LogP contribution is 2.18. The predicted molar refractivity (Wildman–Crippen MR) is 83.2 cm³/mol. The molecule has 0 saturated heterocycles. The molecule has 0 spiro atoms. The molecule has 0 radical (unpaired) electrons. The van der Waals surface area contributed by atoms with Gasteiger partial charge in [-0.2, -0.15) is 0 Å². The minimum atomic E-state index is 0.352. The van der Waals surface area contributed by atoms with Crippen LogP contribution in [0.15, 0.2) is 16.3 Å². The Morgan fingerprint density at radius 2 is 1.33 bits per heavy atom. The Balaban J connectivity index is 5.51. The molecule has 0 aliphatic rings. The monoisotopic (exact) mass is 252 g/mol. The predicted octanol–water partition coefficient (Wildman–Crippen LogP) is 4.42. The van der Waals surface area contributed by atoms with E-state index in [1.54, 1.807) is 0 Å². The van der Waals surface area contributed by atoms with Gasteiger partial charge in [0.25, 0.3) is 0 Å². The van der Waals surface area contributed by atoms with Crippen LogP contribution < -0.4 is 5.32 Å². The number of nitrogens with zero attached hydrogens (tertiary/aromatic N) is 1. The molecule has 0 aromatic heterocycles. The topological polar surface area (TPSA) is 24.4 Å². The van der Waals surface area contributed by atoms with E-state index in [4.69, 9.17) is 4.99 Å². The molecule has 0 aliphatic carbocycles. The Morgan fingerprint density at radius 1 is 0.833 bits per heavy atom. The third kappa shape index (κ3) is 5.70. The molecule has 0 bridgehead atoms. The maximum atomic E-state index is 4.81. The van der Waals surface area contributed by atoms with Crippen LogP contribution >= 0.6 is 0 Å². The number of aliphatic imine (C=N–C) groups is 1. The zero-order valence-electron chi connectivity index (χ0n) is 13.8. The van der Waals surface area contributed by atoms with Crippen molar-refractivity contribution in [2.24, 2.45) is 16.8 Å². The summed E-state index contributed by atoms with van der Waals surface area (Å²) in [7, 11) is 0. The van der Waals surface area contributed by atoms with Gasteiger partial charge in [-0.25, -0.2) is 0 Å². The molecule has 0 aromatic carbocycles. The van der Waals surface area contributed by atoms with Crippen LogP contribution in [-0.2, 0) is 0 Å². The Labute approximate surface area is 114 Å². The summed E-state index contributed by atoms with van der Waals surface area (Å²) in [6.45, 7) is 19.8. The Bertz CT molecular complexity index is 307. The van der Waals surface area contributed by atoms with Gasteiger partial charge in [0.2, 0.25) is 0 Å². The van der Waals surface area contributed by atoms with Crippen molar-refractivity contribution < 1.29 is 0 Å². The number of nitrogens with one attached hydrogen (secondary N) is 1. The second-order valence-electron chi connectivity index (χ2n) is 6.26. The molecule has 0 unspecified atom stereocenters. The van der Waals surface area contributed by atoms with Gasteiger partial charge in [0, 0.05) is 23.5 Å². The lowest BCUT2D eigenvalue weighted by Gasteiger charge is -2.23. The molecule has 0 aromatic rings. The maximum Gasteiger partial charge on any atom is 0.0446 e. The largest absolute Gasteiger partial charge is 0.386 e. The fourth-order valence-electron chi connectivity index (χ4n) is 2.11. The number of rotatable bonds is 6. The van der Waals surface area contributed by atoms with Crippen LogP contribution in [0.4, 0.5) is 0 Å². The summed E-state index contributed by atoms with van der Waals surface area (Å²) < 4.78 is 0. The molecule has 0 aliphatic heterocycles. The van der Waals surface area contributed by atoms with E-state index in [2.05, 4.69) is 67.6 Å². The summed E-state index contributed by atoms with van der Waals surface area (Å²) in [4.78, 5) is 4.81. The molecule has 106 valence electrons. The normalized spacial score (nSPS) is 14.8. The van der Waals surface area contributed by atoms with Crippen LogP contribution in [-0.4, -0.2) is 17.8 Å². The first-order chi connectivity index (χ1) is 8.16. The first kappa shape index (κ1) is 17.2. The maximum absolute atomic E-state index is 4.81. The van der Waals surface area contributed by atoms with Crippen molar-refractivity contribution in [3.63, 3.8) is 0 Å². The van der Waals surface area contributed by atoms with Crippen LogP contribution in [0.1, 0.15) is 62.3 Å². The lowest BCUT2D eigenvalue weighted by molar-refractivity contribution is 0.583. The van der Waals surface area contributed by atoms with Crippen molar-refractivity contribution in [3.8, 4) is 0 Å². The fourth-order valence-corrected chi connectivity index (χ4v) is 2.11. The van der Waals surface area contributed by atoms with Gasteiger partial charge in [-0.1, -0.05) is 27.7 Å². The molecule has 0 rings (SSSR count). The summed E-state index contributed by atoms with van der Waals surface area (Å²) in [6, 6.07) is 0.814. The summed E-state index contributed by atoms with van der Waals surface area (Å²) >= 11 is 0. The van der Waals surface area contributed by atoms with Crippen LogP contribution in [0, 0.1) is 11.8 Å². The SMILES string of the molecule is CC(/C(=N\C(C)C)C(C)C)=C(/NC(C)C)C(C)C. The highest BCUT2D eigenvalue weighted by Gasteiger charge is 2.16. The van der Waals surface area contributed by atoms with Gasteiger partial charge in [0.05, 0.1) is 0 Å². The van der Waals surface area contributed by atoms with Gasteiger partial charge in [0.1, 0.15) is 0 Å². The third-order valence-electron chi connectivity index (χ3n) is 2.75. The van der Waals surface area contributed by atoms with Crippen molar-refractivity contribution in [1.82, 2.24) is 5.32 Å². The van der Waals surface area contributed by atoms with E-state index >= 15 is 0 Å². The zero-order valence-corrected chi connectivity index (χ0v) is 13.8. The summed E-state index contributed by atoms with van der Waals surface area (Å²) in [6.07, 6.45) is 0. The Kier molecular flexibility index (Phi) is 7.27. The molecule has 2 heteroatoms. The van der Waals surface area contributed by atoms with E-state index in [0.29, 0.717) is 23.9 Å². The second-order valence-corrected chi connectivity index (χ2v) is 6.26. The van der Waals surface area contributed by atoms with Crippen LogP contribution in [0.25, 0.3) is 0 Å². The fraction of sp³-hybridized carbons (Fsp3) is 0.812. The molecule has 18 heavy (non-hydrogen) atoms. The summed E-state index contributed by atoms with van der Waals surface area (Å²) in [5.74, 6) is 0.971. The first-order valence-corrected chi connectivity index (χ1v) is 7.22. The molecular weight excluding hydrogens is 220 g/mol. The van der Waals surface area contributed by atoms with Gasteiger partial charge < -0.3 is 5.32 Å². The van der Waals surface area contributed by atoms with E-state index in [1.807, 2.05) is 0 Å². The number of hydrogen-bond acceptors (Lipinski definition) is 2. The Morgan fingerprint density at radius 3 is 1.61 bits per heavy atom. The van der Waals surface area contributed by atoms with E-state index in [9.17, 15) is 0 Å². The van der Waals surface area contributed by atoms with Crippen molar-refractivity contribution in [2.75, 3.05) is 0 Å². The van der Waals surface area contributed by atoms with E-state index in [1.165, 1.54) is 17.0 Å². The van der Waals surface area contributed by atoms with Crippen molar-refractivity contribution in [3.05, 3.63) is 11.3 Å². The minimum absolute atomic E-state index is 0.352. The van der Waals surface area contributed by atoms with Gasteiger partial charge in [0.15, 0.2) is 0 Å². The van der Waals surface area contributed by atoms with E-state index < -0.39 is 0 Å². The molecule has 0 saturated carbocycles. The van der Waals surface area contributed by atoms with Crippen molar-refractivity contribution >= 4 is 5.71 Å². The van der Waals surface area contributed by atoms with Gasteiger partial charge in [-0.05, 0) is 52.0 Å². The van der Waals surface area contributed by atoms with E-state index in [-0.39, 0.29) is 0 Å². The second kappa shape index (κ2) is 7.60. The lowest BCUT2D eigenvalue weighted by atomic mass is 9.94. The van der Waals surface area contributed by atoms with Crippen molar-refractivity contribution in [2.45, 2.75) is 74.4 Å². The van der Waals surface area contributed by atoms with Gasteiger partial charge >= 0.3 is 0 Å². The molecule has 0 amide bonds. The lowest BCUT2D eigenvalue weighted by Crippen LogP contribution is -2.28. The van der Waals surface area contributed by atoms with E-state index in [0.717, 1.165) is 0 Å². The van der Waals surface area contributed by atoms with Crippen LogP contribution in [0.3, 0.4) is 0 Å². The van der Waals surface area contributed by atoms with Gasteiger partial charge in [-0.15, -0.1) is 0 Å². The number of allylic oxidation sites excluding steroid dienone is 2. The summed E-state index contributed by atoms with van der Waals surface area (Å²) in [5.41, 5.74) is 3.89. The molecule has 1 N–H and O–H groups in total. The molecular formula is C16H32N2. The zero-order chi connectivity index (χ0) is 14.5. The standard InChI is InChI=1S/C16H32N2/c1-10(2)15(17-12(5)6)14(9)16(11(3)4)18-13(7)8/h10-13,17H,1-9H3/b15-14-,18-16-. The molecule has 0 atom stereocenters. The minimum Gasteiger partial charge on any atom is -0.386 e. The van der Waals surface area contributed by atoms with Crippen molar-refractivity contribution in [1.29, 1.82) is 0 Å². The quantitative estimate of drug-likeness (QED) is 0.695. The van der Waals surface area contributed by atoms with Gasteiger partial charge in [-0.3, -0.25) is 4.99 Å². The molecule has 2 nitrogen and oxygen atoms in total.